The maximum atomic E-state index is 12.3. The van der Waals surface area contributed by atoms with Crippen molar-refractivity contribution in [3.8, 4) is 6.07 Å². The monoisotopic (exact) mass is 277 g/mol. The lowest BCUT2D eigenvalue weighted by Crippen LogP contribution is -2.01. The van der Waals surface area contributed by atoms with Crippen molar-refractivity contribution >= 4 is 21.6 Å². The normalized spacial score (nSPS) is 10.1. The number of aromatic nitrogens is 1. The van der Waals surface area contributed by atoms with Crippen LogP contribution in [-0.4, -0.2) is 9.91 Å². The first kappa shape index (κ1) is 11.5. The molecule has 0 spiro atoms. The second-order valence-corrected chi connectivity index (χ2v) is 3.25. The average Bonchev–Trinajstić information content (AvgIpc) is 2.16. The van der Waals surface area contributed by atoms with Crippen LogP contribution in [0.1, 0.15) is 17.8 Å². The molecule has 0 saturated heterocycles. The zero-order chi connectivity index (χ0) is 11.6. The fourth-order valence-electron chi connectivity index (χ4n) is 0.879. The van der Waals surface area contributed by atoms with Crippen LogP contribution in [-0.2, 0) is 0 Å². The summed E-state index contributed by atoms with van der Waals surface area (Å²) < 4.78 is 24.7. The Hall–Kier alpha value is -1.62. The van der Waals surface area contributed by atoms with Gasteiger partial charge in [-0.1, -0.05) is 0 Å². The highest BCUT2D eigenvalue weighted by molar-refractivity contribution is 9.10. The first-order chi connectivity index (χ1) is 6.97. The predicted octanol–water partition coefficient (Wildman–Crippen LogP) is 2.56. The summed E-state index contributed by atoms with van der Waals surface area (Å²) in [5.74, 6) is 0. The molecule has 0 saturated carbocycles. The first-order valence-electron chi connectivity index (χ1n) is 3.50. The lowest BCUT2D eigenvalue weighted by molar-refractivity contribution is -0.386. The van der Waals surface area contributed by atoms with Crippen LogP contribution in [0.25, 0.3) is 0 Å². The van der Waals surface area contributed by atoms with Crippen LogP contribution >= 0.6 is 15.9 Å². The number of nitriles is 1. The zero-order valence-corrected chi connectivity index (χ0v) is 8.53. The molecule has 0 bridgehead atoms. The average molecular weight is 278 g/mol. The van der Waals surface area contributed by atoms with Crippen LogP contribution in [0.2, 0.25) is 0 Å². The third kappa shape index (κ3) is 2.24. The summed E-state index contributed by atoms with van der Waals surface area (Å²) in [4.78, 5) is 12.6. The van der Waals surface area contributed by atoms with Crippen molar-refractivity contribution in [1.82, 2.24) is 4.98 Å². The van der Waals surface area contributed by atoms with Crippen LogP contribution in [0, 0.1) is 21.4 Å². The van der Waals surface area contributed by atoms with E-state index in [0.717, 1.165) is 6.07 Å². The summed E-state index contributed by atoms with van der Waals surface area (Å²) in [6.45, 7) is 0. The van der Waals surface area contributed by atoms with Crippen molar-refractivity contribution < 1.29 is 13.7 Å². The number of halogens is 3. The number of hydrogen-bond acceptors (Lipinski definition) is 4. The van der Waals surface area contributed by atoms with Gasteiger partial charge in [0.15, 0.2) is 11.4 Å². The Bertz CT molecular complexity index is 458. The standard InChI is InChI=1S/C7H2BrF2N3O2/c8-3-1-5(13(14)15)6(7(9)10)12-4(3)2-11/h1,7H. The maximum absolute atomic E-state index is 12.3. The van der Waals surface area contributed by atoms with Gasteiger partial charge in [-0.05, 0) is 15.9 Å². The van der Waals surface area contributed by atoms with E-state index in [1.807, 2.05) is 0 Å². The Kier molecular flexibility index (Phi) is 3.26. The second kappa shape index (κ2) is 4.27. The zero-order valence-electron chi connectivity index (χ0n) is 6.95. The van der Waals surface area contributed by atoms with Crippen molar-refractivity contribution in [2.45, 2.75) is 6.43 Å². The molecule has 0 amide bonds. The maximum Gasteiger partial charge on any atom is 0.297 e. The summed E-state index contributed by atoms with van der Waals surface area (Å²) in [7, 11) is 0. The Morgan fingerprint density at radius 1 is 1.67 bits per heavy atom. The van der Waals surface area contributed by atoms with Crippen LogP contribution in [0.5, 0.6) is 0 Å². The smallest absolute Gasteiger partial charge is 0.258 e. The van der Waals surface area contributed by atoms with Crippen molar-refractivity contribution in [1.29, 1.82) is 5.26 Å². The van der Waals surface area contributed by atoms with E-state index in [1.54, 1.807) is 6.07 Å². The van der Waals surface area contributed by atoms with Gasteiger partial charge < -0.3 is 0 Å². The minimum absolute atomic E-state index is 0.0149. The molecule has 0 atom stereocenters. The Labute approximate surface area is 90.6 Å². The molecule has 5 nitrogen and oxygen atoms in total. The summed E-state index contributed by atoms with van der Waals surface area (Å²) in [6, 6.07) is 2.38. The SMILES string of the molecule is N#Cc1nc(C(F)F)c([N+](=O)[O-])cc1Br. The number of pyridine rings is 1. The molecule has 0 aliphatic rings. The number of nitrogens with zero attached hydrogens (tertiary/aromatic N) is 3. The molecular weight excluding hydrogens is 276 g/mol. The van der Waals surface area contributed by atoms with Gasteiger partial charge in [-0.2, -0.15) is 5.26 Å². The lowest BCUT2D eigenvalue weighted by atomic mass is 10.2. The van der Waals surface area contributed by atoms with Crippen LogP contribution in [0.3, 0.4) is 0 Å². The van der Waals surface area contributed by atoms with Gasteiger partial charge in [0, 0.05) is 6.07 Å². The minimum Gasteiger partial charge on any atom is -0.258 e. The van der Waals surface area contributed by atoms with Crippen LogP contribution in [0.15, 0.2) is 10.5 Å². The van der Waals surface area contributed by atoms with E-state index in [-0.39, 0.29) is 10.2 Å². The van der Waals surface area contributed by atoms with E-state index in [0.29, 0.717) is 0 Å². The molecule has 0 aromatic carbocycles. The van der Waals surface area contributed by atoms with Crippen molar-refractivity contribution in [2.24, 2.45) is 0 Å². The molecule has 0 radical (unpaired) electrons. The third-order valence-corrected chi connectivity index (χ3v) is 2.10. The second-order valence-electron chi connectivity index (χ2n) is 2.39. The van der Waals surface area contributed by atoms with Gasteiger partial charge in [-0.3, -0.25) is 10.1 Å². The predicted molar refractivity (Wildman–Crippen MR) is 48.3 cm³/mol. The summed E-state index contributed by atoms with van der Waals surface area (Å²) >= 11 is 2.82. The molecule has 0 fully saturated rings. The van der Waals surface area contributed by atoms with Gasteiger partial charge >= 0.3 is 0 Å². The number of nitro groups is 1. The quantitative estimate of drug-likeness (QED) is 0.615. The highest BCUT2D eigenvalue weighted by Crippen LogP contribution is 2.30. The molecule has 1 aromatic heterocycles. The fraction of sp³-hybridized carbons (Fsp3) is 0.143. The highest BCUT2D eigenvalue weighted by Gasteiger charge is 2.25. The molecular formula is C7H2BrF2N3O2. The Balaban J connectivity index is 3.47. The van der Waals surface area contributed by atoms with Gasteiger partial charge in [0.1, 0.15) is 6.07 Å². The van der Waals surface area contributed by atoms with E-state index in [4.69, 9.17) is 5.26 Å². The highest BCUT2D eigenvalue weighted by atomic mass is 79.9. The van der Waals surface area contributed by atoms with Crippen molar-refractivity contribution in [3.05, 3.63) is 32.0 Å². The van der Waals surface area contributed by atoms with Gasteiger partial charge in [0.2, 0.25) is 0 Å². The van der Waals surface area contributed by atoms with Crippen molar-refractivity contribution in [3.63, 3.8) is 0 Å². The van der Waals surface area contributed by atoms with Gasteiger partial charge in [-0.25, -0.2) is 13.8 Å². The first-order valence-corrected chi connectivity index (χ1v) is 4.29. The molecule has 1 heterocycles. The fourth-order valence-corrected chi connectivity index (χ4v) is 1.27. The number of rotatable bonds is 2. The van der Waals surface area contributed by atoms with E-state index < -0.39 is 22.7 Å². The minimum atomic E-state index is -3.09. The molecule has 0 N–H and O–H groups in total. The third-order valence-electron chi connectivity index (χ3n) is 1.49. The molecule has 15 heavy (non-hydrogen) atoms. The molecule has 78 valence electrons. The molecule has 1 rings (SSSR count). The van der Waals surface area contributed by atoms with Crippen LogP contribution < -0.4 is 0 Å². The lowest BCUT2D eigenvalue weighted by Gasteiger charge is -2.02. The number of alkyl halides is 2. The summed E-state index contributed by atoms with van der Waals surface area (Å²) in [5.41, 5.74) is -2.12. The van der Waals surface area contributed by atoms with Gasteiger partial charge in [0.05, 0.1) is 9.40 Å². The van der Waals surface area contributed by atoms with Crippen molar-refractivity contribution in [2.75, 3.05) is 0 Å². The summed E-state index contributed by atoms with van der Waals surface area (Å²) in [5, 5.41) is 18.9. The van der Waals surface area contributed by atoms with E-state index >= 15 is 0 Å². The van der Waals surface area contributed by atoms with Crippen LogP contribution in [0.4, 0.5) is 14.5 Å². The molecule has 0 unspecified atom stereocenters. The van der Waals surface area contributed by atoms with E-state index in [9.17, 15) is 18.9 Å². The number of hydrogen-bond donors (Lipinski definition) is 0. The Morgan fingerprint density at radius 2 is 2.27 bits per heavy atom. The Morgan fingerprint density at radius 3 is 2.67 bits per heavy atom. The molecule has 1 aromatic rings. The topological polar surface area (TPSA) is 79.8 Å². The summed E-state index contributed by atoms with van der Waals surface area (Å²) in [6.07, 6.45) is -3.09. The van der Waals surface area contributed by atoms with E-state index in [1.165, 1.54) is 0 Å². The largest absolute Gasteiger partial charge is 0.297 e. The van der Waals surface area contributed by atoms with Gasteiger partial charge in [-0.15, -0.1) is 0 Å². The molecule has 8 heteroatoms. The molecule has 0 aliphatic carbocycles. The molecule has 0 aliphatic heterocycles. The van der Waals surface area contributed by atoms with E-state index in [2.05, 4.69) is 20.9 Å². The van der Waals surface area contributed by atoms with Gasteiger partial charge in [0.25, 0.3) is 12.1 Å².